The van der Waals surface area contributed by atoms with Gasteiger partial charge in [0.25, 0.3) is 0 Å². The molecule has 1 aliphatic heterocycles. The summed E-state index contributed by atoms with van der Waals surface area (Å²) < 4.78 is 62.8. The number of anilines is 1. The van der Waals surface area contributed by atoms with E-state index in [4.69, 9.17) is 16.3 Å². The maximum Gasteiger partial charge on any atom is 0.418 e. The molecule has 4 heterocycles. The van der Waals surface area contributed by atoms with Gasteiger partial charge in [0, 0.05) is 43.2 Å². The molecule has 0 spiro atoms. The summed E-state index contributed by atoms with van der Waals surface area (Å²) in [6, 6.07) is 6.45. The normalized spacial score (nSPS) is 15.5. The van der Waals surface area contributed by atoms with Crippen molar-refractivity contribution in [1.29, 1.82) is 5.26 Å². The third-order valence-corrected chi connectivity index (χ3v) is 7.47. The van der Waals surface area contributed by atoms with Gasteiger partial charge in [-0.2, -0.15) is 28.4 Å². The molecular weight excluding hydrogens is 616 g/mol. The molecule has 1 saturated heterocycles. The number of hydrogen-bond donors (Lipinski definition) is 0. The zero-order chi connectivity index (χ0) is 32.5. The molecule has 1 fully saturated rings. The van der Waals surface area contributed by atoms with Crippen LogP contribution in [0.2, 0.25) is 5.02 Å². The fourth-order valence-electron chi connectivity index (χ4n) is 5.25. The van der Waals surface area contributed by atoms with Gasteiger partial charge in [0.15, 0.2) is 5.82 Å². The second kappa shape index (κ2) is 12.6. The molecule has 1 aromatic carbocycles. The molecule has 45 heavy (non-hydrogen) atoms. The number of carbonyl (C=O) groups excluding carboxylic acids is 1. The largest absolute Gasteiger partial charge is 0.467 e. The van der Waals surface area contributed by atoms with E-state index in [0.29, 0.717) is 11.5 Å². The molecule has 0 bridgehead atoms. The van der Waals surface area contributed by atoms with Crippen molar-refractivity contribution < 1.29 is 27.1 Å². The van der Waals surface area contributed by atoms with Gasteiger partial charge in [-0.05, 0) is 32.1 Å². The van der Waals surface area contributed by atoms with Crippen LogP contribution in [0.3, 0.4) is 0 Å². The number of halogens is 5. The number of benzene rings is 1. The number of nitrogens with zero attached hydrogens (tertiary/aromatic N) is 8. The average molecular weight is 641 g/mol. The Labute approximate surface area is 260 Å². The van der Waals surface area contributed by atoms with E-state index in [1.807, 2.05) is 6.92 Å². The fraction of sp³-hybridized carbons (Fsp3) is 0.300. The van der Waals surface area contributed by atoms with E-state index in [1.54, 1.807) is 28.9 Å². The number of rotatable bonds is 6. The first-order valence-corrected chi connectivity index (χ1v) is 14.0. The van der Waals surface area contributed by atoms with E-state index >= 15 is 4.39 Å². The number of hydrogen-bond acceptors (Lipinski definition) is 9. The summed E-state index contributed by atoms with van der Waals surface area (Å²) in [6.07, 6.45) is -0.725. The first-order chi connectivity index (χ1) is 21.4. The zero-order valence-corrected chi connectivity index (χ0v) is 25.0. The van der Waals surface area contributed by atoms with Crippen molar-refractivity contribution in [1.82, 2.24) is 29.8 Å². The number of nitriles is 1. The molecule has 0 unspecified atom stereocenters. The number of ether oxygens (including phenoxy) is 1. The summed E-state index contributed by atoms with van der Waals surface area (Å²) in [5.74, 6) is -0.690. The molecule has 5 rings (SSSR count). The first-order valence-electron chi connectivity index (χ1n) is 13.6. The van der Waals surface area contributed by atoms with E-state index in [9.17, 15) is 23.2 Å². The van der Waals surface area contributed by atoms with Gasteiger partial charge in [-0.3, -0.25) is 9.78 Å². The highest BCUT2D eigenvalue weighted by atomic mass is 35.5. The van der Waals surface area contributed by atoms with Crippen molar-refractivity contribution in [2.24, 2.45) is 0 Å². The molecule has 4 aromatic rings. The highest BCUT2D eigenvalue weighted by molar-refractivity contribution is 6.31. The number of fused-ring (bicyclic) bond motifs is 1. The summed E-state index contributed by atoms with van der Waals surface area (Å²) in [7, 11) is 1.27. The number of methoxy groups -OCH3 is 1. The summed E-state index contributed by atoms with van der Waals surface area (Å²) in [6.45, 7) is 4.14. The number of pyridine rings is 1. The first kappa shape index (κ1) is 31.5. The Balaban J connectivity index is 1.50. The maximum atomic E-state index is 16.0. The Morgan fingerprint density at radius 2 is 1.98 bits per heavy atom. The van der Waals surface area contributed by atoms with Crippen LogP contribution >= 0.6 is 11.6 Å². The van der Waals surface area contributed by atoms with Gasteiger partial charge in [0.1, 0.15) is 22.9 Å². The van der Waals surface area contributed by atoms with Crippen molar-refractivity contribution >= 4 is 40.3 Å². The lowest BCUT2D eigenvalue weighted by atomic mass is 10.0. The number of aromatic nitrogens is 5. The summed E-state index contributed by atoms with van der Waals surface area (Å²) in [5.41, 5.74) is -1.36. The molecule has 15 heteroatoms. The predicted molar refractivity (Wildman–Crippen MR) is 158 cm³/mol. The van der Waals surface area contributed by atoms with Crippen LogP contribution in [0.5, 0.6) is 6.01 Å². The zero-order valence-electron chi connectivity index (χ0n) is 24.2. The van der Waals surface area contributed by atoms with Crippen molar-refractivity contribution in [3.63, 3.8) is 0 Å². The van der Waals surface area contributed by atoms with Crippen LogP contribution in [0.25, 0.3) is 28.2 Å². The van der Waals surface area contributed by atoms with E-state index in [0.717, 1.165) is 17.8 Å². The highest BCUT2D eigenvalue weighted by Gasteiger charge is 2.38. The quantitative estimate of drug-likeness (QED) is 0.197. The minimum absolute atomic E-state index is 0.00625. The fourth-order valence-corrected chi connectivity index (χ4v) is 5.53. The van der Waals surface area contributed by atoms with Crippen LogP contribution < -0.4 is 9.64 Å². The van der Waals surface area contributed by atoms with Gasteiger partial charge in [-0.1, -0.05) is 23.7 Å². The second-order valence-corrected chi connectivity index (χ2v) is 10.6. The van der Waals surface area contributed by atoms with Crippen molar-refractivity contribution in [2.45, 2.75) is 32.5 Å². The van der Waals surface area contributed by atoms with Crippen LogP contribution in [0.4, 0.5) is 23.4 Å². The predicted octanol–water partition coefficient (Wildman–Crippen LogP) is 5.56. The third kappa shape index (κ3) is 6.48. The molecule has 3 aromatic heterocycles. The minimum atomic E-state index is -4.87. The lowest BCUT2D eigenvalue weighted by Crippen LogP contribution is -2.55. The lowest BCUT2D eigenvalue weighted by Gasteiger charge is -2.41. The molecule has 0 N–H and O–H groups in total. The molecule has 1 aliphatic rings. The van der Waals surface area contributed by atoms with E-state index in [1.165, 1.54) is 25.4 Å². The molecule has 1 amide bonds. The Bertz CT molecular complexity index is 1840. The van der Waals surface area contributed by atoms with Gasteiger partial charge in [0.05, 0.1) is 47.3 Å². The number of carbonyl (C=O) groups is 1. The Morgan fingerprint density at radius 3 is 2.67 bits per heavy atom. The van der Waals surface area contributed by atoms with Crippen molar-refractivity contribution in [3.8, 4) is 23.3 Å². The van der Waals surface area contributed by atoms with Gasteiger partial charge < -0.3 is 14.5 Å². The van der Waals surface area contributed by atoms with Crippen LogP contribution in [-0.2, 0) is 11.0 Å². The molecular formula is C30H25ClF4N8O2. The summed E-state index contributed by atoms with van der Waals surface area (Å²) >= 11 is 5.86. The van der Waals surface area contributed by atoms with E-state index in [2.05, 4.69) is 31.0 Å². The molecule has 10 nitrogen and oxygen atoms in total. The average Bonchev–Trinajstić information content (AvgIpc) is 2.98. The number of aryl methyl sites for hydroxylation is 2. The maximum absolute atomic E-state index is 16.0. The van der Waals surface area contributed by atoms with Gasteiger partial charge in [-0.25, -0.2) is 14.4 Å². The van der Waals surface area contributed by atoms with Crippen LogP contribution in [0, 0.1) is 31.0 Å². The molecule has 0 radical (unpaired) electrons. The lowest BCUT2D eigenvalue weighted by molar-refractivity contribution is -0.137. The number of alkyl halides is 3. The minimum Gasteiger partial charge on any atom is -0.467 e. The Kier molecular flexibility index (Phi) is 8.83. The Hall–Kier alpha value is -4.90. The topological polar surface area (TPSA) is 121 Å². The molecule has 232 valence electrons. The van der Waals surface area contributed by atoms with Crippen LogP contribution in [0.15, 0.2) is 36.5 Å². The molecule has 0 aliphatic carbocycles. The second-order valence-electron chi connectivity index (χ2n) is 10.2. The molecule has 1 atom stereocenters. The van der Waals surface area contributed by atoms with Crippen LogP contribution in [0.1, 0.15) is 29.2 Å². The molecule has 0 saturated carbocycles. The highest BCUT2D eigenvalue weighted by Crippen LogP contribution is 2.42. The van der Waals surface area contributed by atoms with Gasteiger partial charge >= 0.3 is 12.2 Å². The van der Waals surface area contributed by atoms with Gasteiger partial charge in [-0.15, -0.1) is 0 Å². The van der Waals surface area contributed by atoms with Crippen molar-refractivity contribution in [3.05, 3.63) is 70.2 Å². The number of amides is 1. The third-order valence-electron chi connectivity index (χ3n) is 7.15. The smallest absolute Gasteiger partial charge is 0.418 e. The Morgan fingerprint density at radius 1 is 1.20 bits per heavy atom. The van der Waals surface area contributed by atoms with Gasteiger partial charge in [0.2, 0.25) is 5.91 Å². The van der Waals surface area contributed by atoms with E-state index < -0.39 is 39.9 Å². The van der Waals surface area contributed by atoms with Crippen molar-refractivity contribution in [2.75, 3.05) is 31.6 Å². The monoisotopic (exact) mass is 640 g/mol. The standard InChI is InChI=1S/C30H25ClF4N8O2/c1-16-13-18(39-17(2)38-16)7-8-23(44)43-12-11-42(15-19(43)9-10-36)28-21-14-37-26(25(32)27(21)40-29(41-28)45-3)20-5-4-6-22(31)24(20)30(33,34)35/h4-8,13-14,19H,9,11-12,15H2,1-3H3/b8-7+/t19-/m0/s1. The van der Waals surface area contributed by atoms with E-state index in [-0.39, 0.29) is 54.7 Å². The summed E-state index contributed by atoms with van der Waals surface area (Å²) in [4.78, 5) is 37.5. The SMILES string of the molecule is COc1nc(N2CCN(C(=O)/C=C/c3cc(C)nc(C)n3)[C@@H](CC#N)C2)c2cnc(-c3cccc(Cl)c3C(F)(F)F)c(F)c2n1. The number of piperazine rings is 1. The van der Waals surface area contributed by atoms with Crippen LogP contribution in [-0.4, -0.2) is 68.5 Å². The summed E-state index contributed by atoms with van der Waals surface area (Å²) in [5, 5.41) is 9.04.